The number of nitrogens with two attached hydrogens (primary N) is 1. The second-order valence-corrected chi connectivity index (χ2v) is 5.08. The van der Waals surface area contributed by atoms with E-state index in [0.29, 0.717) is 17.3 Å². The van der Waals surface area contributed by atoms with Gasteiger partial charge in [0.25, 0.3) is 0 Å². The minimum absolute atomic E-state index is 0.0148. The largest absolute Gasteiger partial charge is 0.398 e. The number of ketones is 1. The van der Waals surface area contributed by atoms with Gasteiger partial charge in [0, 0.05) is 23.0 Å². The van der Waals surface area contributed by atoms with E-state index in [2.05, 4.69) is 12.2 Å². The van der Waals surface area contributed by atoms with Gasteiger partial charge in [-0.25, -0.2) is 0 Å². The molecule has 17 heavy (non-hydrogen) atoms. The molecule has 1 saturated carbocycles. The van der Waals surface area contributed by atoms with Gasteiger partial charge in [0.05, 0.1) is 0 Å². The molecule has 1 aromatic rings. The number of anilines is 2. The van der Waals surface area contributed by atoms with Crippen molar-refractivity contribution in [2.45, 2.75) is 39.2 Å². The average Bonchev–Trinajstić information content (AvgIpc) is 3.04. The Labute approximate surface area is 102 Å². The van der Waals surface area contributed by atoms with Crippen LogP contribution in [0.4, 0.5) is 11.4 Å². The fourth-order valence-corrected chi connectivity index (χ4v) is 2.15. The summed E-state index contributed by atoms with van der Waals surface area (Å²) in [5.41, 5.74) is 7.91. The second kappa shape index (κ2) is 4.78. The number of carbonyl (C=O) groups is 1. The SMILES string of the molecule is CC(=O)c1cc(NC(C)CC2CC2)ccc1N. The van der Waals surface area contributed by atoms with Crippen LogP contribution in [0.5, 0.6) is 0 Å². The smallest absolute Gasteiger partial charge is 0.161 e. The van der Waals surface area contributed by atoms with E-state index in [0.717, 1.165) is 11.6 Å². The lowest BCUT2D eigenvalue weighted by Gasteiger charge is -2.16. The van der Waals surface area contributed by atoms with Crippen LogP contribution in [0.1, 0.15) is 43.5 Å². The molecule has 1 fully saturated rings. The van der Waals surface area contributed by atoms with Crippen LogP contribution in [0, 0.1) is 5.92 Å². The normalized spacial score (nSPS) is 16.6. The molecule has 1 unspecified atom stereocenters. The summed E-state index contributed by atoms with van der Waals surface area (Å²) in [7, 11) is 0. The van der Waals surface area contributed by atoms with Crippen molar-refractivity contribution in [1.29, 1.82) is 0 Å². The summed E-state index contributed by atoms with van der Waals surface area (Å²) in [4.78, 5) is 11.4. The molecule has 0 saturated heterocycles. The monoisotopic (exact) mass is 232 g/mol. The summed E-state index contributed by atoms with van der Waals surface area (Å²) in [5, 5.41) is 3.43. The van der Waals surface area contributed by atoms with Crippen LogP contribution < -0.4 is 11.1 Å². The van der Waals surface area contributed by atoms with Crippen molar-refractivity contribution in [2.75, 3.05) is 11.1 Å². The molecular formula is C14H20N2O. The van der Waals surface area contributed by atoms with Gasteiger partial charge < -0.3 is 11.1 Å². The summed E-state index contributed by atoms with van der Waals surface area (Å²) < 4.78 is 0. The number of rotatable bonds is 5. The fourth-order valence-electron chi connectivity index (χ4n) is 2.15. The topological polar surface area (TPSA) is 55.1 Å². The van der Waals surface area contributed by atoms with Gasteiger partial charge in [-0.2, -0.15) is 0 Å². The molecule has 3 nitrogen and oxygen atoms in total. The quantitative estimate of drug-likeness (QED) is 0.606. The van der Waals surface area contributed by atoms with Gasteiger partial charge in [-0.05, 0) is 44.4 Å². The van der Waals surface area contributed by atoms with E-state index in [4.69, 9.17) is 5.73 Å². The van der Waals surface area contributed by atoms with Crippen molar-refractivity contribution >= 4 is 17.2 Å². The Morgan fingerprint density at radius 3 is 2.82 bits per heavy atom. The zero-order valence-electron chi connectivity index (χ0n) is 10.5. The van der Waals surface area contributed by atoms with Gasteiger partial charge >= 0.3 is 0 Å². The molecule has 0 amide bonds. The summed E-state index contributed by atoms with van der Waals surface area (Å²) in [5.74, 6) is 0.916. The highest BCUT2D eigenvalue weighted by atomic mass is 16.1. The molecule has 1 aliphatic carbocycles. The summed E-state index contributed by atoms with van der Waals surface area (Å²) in [6.45, 7) is 3.73. The third-order valence-corrected chi connectivity index (χ3v) is 3.23. The van der Waals surface area contributed by atoms with E-state index in [9.17, 15) is 4.79 Å². The number of nitrogens with one attached hydrogen (secondary N) is 1. The van der Waals surface area contributed by atoms with Crippen molar-refractivity contribution in [3.63, 3.8) is 0 Å². The van der Waals surface area contributed by atoms with E-state index >= 15 is 0 Å². The Balaban J connectivity index is 2.04. The van der Waals surface area contributed by atoms with E-state index in [1.807, 2.05) is 12.1 Å². The molecule has 1 atom stereocenters. The molecule has 0 aromatic heterocycles. The predicted octanol–water partition coefficient (Wildman–Crippen LogP) is 3.07. The molecule has 92 valence electrons. The molecule has 0 bridgehead atoms. The molecule has 3 N–H and O–H groups in total. The first-order chi connectivity index (χ1) is 8.06. The first-order valence-electron chi connectivity index (χ1n) is 6.23. The van der Waals surface area contributed by atoms with Crippen LogP contribution in [-0.2, 0) is 0 Å². The maximum Gasteiger partial charge on any atom is 0.161 e. The number of benzene rings is 1. The van der Waals surface area contributed by atoms with Crippen LogP contribution in [-0.4, -0.2) is 11.8 Å². The van der Waals surface area contributed by atoms with Gasteiger partial charge in [-0.15, -0.1) is 0 Å². The van der Waals surface area contributed by atoms with Gasteiger partial charge in [0.1, 0.15) is 0 Å². The number of hydrogen-bond donors (Lipinski definition) is 2. The minimum atomic E-state index is 0.0148. The molecule has 0 heterocycles. The fraction of sp³-hybridized carbons (Fsp3) is 0.500. The van der Waals surface area contributed by atoms with E-state index in [-0.39, 0.29) is 5.78 Å². The van der Waals surface area contributed by atoms with E-state index in [1.165, 1.54) is 19.3 Å². The number of Topliss-reactive ketones (excluding diaryl/α,β-unsaturated/α-hetero) is 1. The zero-order chi connectivity index (χ0) is 12.4. The maximum atomic E-state index is 11.4. The molecule has 3 heteroatoms. The lowest BCUT2D eigenvalue weighted by Crippen LogP contribution is -2.16. The lowest BCUT2D eigenvalue weighted by atomic mass is 10.1. The van der Waals surface area contributed by atoms with Crippen LogP contribution >= 0.6 is 0 Å². The molecule has 1 aliphatic rings. The Kier molecular flexibility index (Phi) is 3.36. The standard InChI is InChI=1S/C14H20N2O/c1-9(7-11-3-4-11)16-12-5-6-14(15)13(8-12)10(2)17/h5-6,8-9,11,16H,3-4,7,15H2,1-2H3. The first kappa shape index (κ1) is 12.0. The van der Waals surface area contributed by atoms with Crippen molar-refractivity contribution in [2.24, 2.45) is 5.92 Å². The summed E-state index contributed by atoms with van der Waals surface area (Å²) in [6.07, 6.45) is 3.94. The molecule has 0 aliphatic heterocycles. The van der Waals surface area contributed by atoms with Crippen LogP contribution in [0.25, 0.3) is 0 Å². The Hall–Kier alpha value is -1.51. The summed E-state index contributed by atoms with van der Waals surface area (Å²) in [6, 6.07) is 6.03. The molecular weight excluding hydrogens is 212 g/mol. The predicted molar refractivity (Wildman–Crippen MR) is 71.3 cm³/mol. The van der Waals surface area contributed by atoms with Crippen molar-refractivity contribution < 1.29 is 4.79 Å². The molecule has 1 aromatic carbocycles. The average molecular weight is 232 g/mol. The van der Waals surface area contributed by atoms with E-state index < -0.39 is 0 Å². The highest BCUT2D eigenvalue weighted by molar-refractivity contribution is 6.00. The maximum absolute atomic E-state index is 11.4. The van der Waals surface area contributed by atoms with Gasteiger partial charge in [-0.3, -0.25) is 4.79 Å². The second-order valence-electron chi connectivity index (χ2n) is 5.08. The minimum Gasteiger partial charge on any atom is -0.398 e. The third kappa shape index (κ3) is 3.22. The lowest BCUT2D eigenvalue weighted by molar-refractivity contribution is 0.101. The number of carbonyl (C=O) groups excluding carboxylic acids is 1. The third-order valence-electron chi connectivity index (χ3n) is 3.23. The van der Waals surface area contributed by atoms with E-state index in [1.54, 1.807) is 13.0 Å². The highest BCUT2D eigenvalue weighted by Gasteiger charge is 2.23. The number of nitrogen functional groups attached to an aromatic ring is 1. The first-order valence-corrected chi connectivity index (χ1v) is 6.23. The Morgan fingerprint density at radius 1 is 1.53 bits per heavy atom. The van der Waals surface area contributed by atoms with Crippen molar-refractivity contribution in [3.8, 4) is 0 Å². The molecule has 0 spiro atoms. The van der Waals surface area contributed by atoms with Crippen molar-refractivity contribution in [3.05, 3.63) is 23.8 Å². The zero-order valence-corrected chi connectivity index (χ0v) is 10.5. The molecule has 0 radical (unpaired) electrons. The Morgan fingerprint density at radius 2 is 2.24 bits per heavy atom. The van der Waals surface area contributed by atoms with Gasteiger partial charge in [-0.1, -0.05) is 12.8 Å². The number of hydrogen-bond acceptors (Lipinski definition) is 3. The van der Waals surface area contributed by atoms with Crippen LogP contribution in [0.3, 0.4) is 0 Å². The van der Waals surface area contributed by atoms with Crippen molar-refractivity contribution in [1.82, 2.24) is 0 Å². The van der Waals surface area contributed by atoms with Gasteiger partial charge in [0.15, 0.2) is 5.78 Å². The summed E-state index contributed by atoms with van der Waals surface area (Å²) >= 11 is 0. The van der Waals surface area contributed by atoms with Crippen LogP contribution in [0.15, 0.2) is 18.2 Å². The van der Waals surface area contributed by atoms with Gasteiger partial charge in [0.2, 0.25) is 0 Å². The highest BCUT2D eigenvalue weighted by Crippen LogP contribution is 2.34. The molecule has 2 rings (SSSR count). The van der Waals surface area contributed by atoms with Crippen LogP contribution in [0.2, 0.25) is 0 Å². The Bertz CT molecular complexity index is 424.